The van der Waals surface area contributed by atoms with Crippen molar-refractivity contribution in [1.29, 1.82) is 0 Å². The van der Waals surface area contributed by atoms with E-state index < -0.39 is 0 Å². The Kier molecular flexibility index (Phi) is 4.24. The Morgan fingerprint density at radius 2 is 1.53 bits per heavy atom. The number of rotatable bonds is 4. The maximum absolute atomic E-state index is 2.45. The second-order valence-corrected chi connectivity index (χ2v) is 9.48. The summed E-state index contributed by atoms with van der Waals surface area (Å²) >= 11 is 1.91. The summed E-state index contributed by atoms with van der Waals surface area (Å²) in [5.74, 6) is 0. The predicted octanol–water partition coefficient (Wildman–Crippen LogP) is 8.64. The van der Waals surface area contributed by atoms with Crippen LogP contribution < -0.4 is 0 Å². The van der Waals surface area contributed by atoms with Crippen molar-refractivity contribution in [1.82, 2.24) is 0 Å². The van der Waals surface area contributed by atoms with E-state index in [0.29, 0.717) is 0 Å². The fourth-order valence-corrected chi connectivity index (χ4v) is 6.13. The van der Waals surface area contributed by atoms with Crippen molar-refractivity contribution in [2.24, 2.45) is 0 Å². The molecule has 0 saturated heterocycles. The number of hydrogen-bond acceptors (Lipinski definition) is 1. The highest BCUT2D eigenvalue weighted by molar-refractivity contribution is 7.26. The molecule has 146 valence electrons. The molecular weight excluding hydrogens is 380 g/mol. The Hall–Kier alpha value is -2.90. The number of fused-ring (bicyclic) bond motifs is 6. The highest BCUT2D eigenvalue weighted by atomic mass is 32.1. The van der Waals surface area contributed by atoms with Gasteiger partial charge in [-0.25, -0.2) is 0 Å². The van der Waals surface area contributed by atoms with Crippen LogP contribution in [0.5, 0.6) is 0 Å². The number of thiophene rings is 1. The van der Waals surface area contributed by atoms with Gasteiger partial charge in [0, 0.05) is 20.2 Å². The van der Waals surface area contributed by atoms with Gasteiger partial charge in [0.15, 0.2) is 0 Å². The van der Waals surface area contributed by atoms with Crippen LogP contribution in [0, 0.1) is 0 Å². The Morgan fingerprint density at radius 3 is 2.43 bits per heavy atom. The molecule has 30 heavy (non-hydrogen) atoms. The summed E-state index contributed by atoms with van der Waals surface area (Å²) in [5, 5.41) is 2.74. The molecule has 0 radical (unpaired) electrons. The van der Waals surface area contributed by atoms with Gasteiger partial charge < -0.3 is 0 Å². The van der Waals surface area contributed by atoms with Gasteiger partial charge in [0.1, 0.15) is 0 Å². The minimum absolute atomic E-state index is 1.06. The summed E-state index contributed by atoms with van der Waals surface area (Å²) in [4.78, 5) is 0. The lowest BCUT2D eigenvalue weighted by Gasteiger charge is -2.09. The number of benzene rings is 4. The van der Waals surface area contributed by atoms with Crippen LogP contribution in [0.2, 0.25) is 0 Å². The maximum atomic E-state index is 2.45. The zero-order valence-corrected chi connectivity index (χ0v) is 18.1. The first-order valence-corrected chi connectivity index (χ1v) is 11.8. The highest BCUT2D eigenvalue weighted by Crippen LogP contribution is 2.43. The van der Waals surface area contributed by atoms with Crippen molar-refractivity contribution in [3.8, 4) is 22.3 Å². The van der Waals surface area contributed by atoms with Crippen LogP contribution in [0.1, 0.15) is 36.5 Å². The van der Waals surface area contributed by atoms with Gasteiger partial charge in [-0.3, -0.25) is 0 Å². The van der Waals surface area contributed by atoms with Gasteiger partial charge in [0.05, 0.1) is 0 Å². The molecule has 0 unspecified atom stereocenters. The molecule has 0 atom stereocenters. The summed E-state index contributed by atoms with van der Waals surface area (Å²) in [6, 6.07) is 29.8. The topological polar surface area (TPSA) is 0 Å². The third kappa shape index (κ3) is 2.80. The van der Waals surface area contributed by atoms with E-state index >= 15 is 0 Å². The smallest absolute Gasteiger partial charge is 0.0433 e. The van der Waals surface area contributed by atoms with Crippen molar-refractivity contribution in [2.75, 3.05) is 0 Å². The molecule has 6 rings (SSSR count). The number of hydrogen-bond donors (Lipinski definition) is 0. The lowest BCUT2D eigenvalue weighted by atomic mass is 9.96. The van der Waals surface area contributed by atoms with E-state index in [2.05, 4.69) is 85.8 Å². The van der Waals surface area contributed by atoms with Crippen LogP contribution in [0.25, 0.3) is 42.4 Å². The summed E-state index contributed by atoms with van der Waals surface area (Å²) in [6.07, 6.45) is 4.75. The Balaban J connectivity index is 1.50. The SMILES string of the molecule is CCCCc1ccc2c(c1)-c1cc(-c3cccc4c3sc3ccccc34)ccc1C2. The van der Waals surface area contributed by atoms with Crippen LogP contribution >= 0.6 is 11.3 Å². The second kappa shape index (κ2) is 7.11. The molecule has 1 heteroatoms. The Bertz CT molecular complexity index is 1400. The van der Waals surface area contributed by atoms with E-state index in [1.54, 1.807) is 0 Å². The molecule has 0 amide bonds. The van der Waals surface area contributed by atoms with Gasteiger partial charge in [-0.05, 0) is 70.3 Å². The fourth-order valence-electron chi connectivity index (χ4n) is 4.89. The quantitative estimate of drug-likeness (QED) is 0.276. The molecule has 1 aromatic heterocycles. The molecular formula is C29H24S. The Morgan fingerprint density at radius 1 is 0.733 bits per heavy atom. The second-order valence-electron chi connectivity index (χ2n) is 8.42. The van der Waals surface area contributed by atoms with Gasteiger partial charge >= 0.3 is 0 Å². The van der Waals surface area contributed by atoms with Gasteiger partial charge in [-0.15, -0.1) is 11.3 Å². The molecule has 1 heterocycles. The summed E-state index contributed by atoms with van der Waals surface area (Å²) < 4.78 is 2.76. The molecule has 0 spiro atoms. The van der Waals surface area contributed by atoms with E-state index in [1.807, 2.05) is 11.3 Å². The van der Waals surface area contributed by atoms with Crippen LogP contribution in [0.4, 0.5) is 0 Å². The zero-order chi connectivity index (χ0) is 20.1. The molecule has 0 fully saturated rings. The average molecular weight is 405 g/mol. The minimum atomic E-state index is 1.06. The van der Waals surface area contributed by atoms with Gasteiger partial charge in [-0.2, -0.15) is 0 Å². The van der Waals surface area contributed by atoms with Crippen molar-refractivity contribution in [3.63, 3.8) is 0 Å². The lowest BCUT2D eigenvalue weighted by molar-refractivity contribution is 0.795. The molecule has 1 aliphatic rings. The first-order chi connectivity index (χ1) is 14.8. The minimum Gasteiger partial charge on any atom is -0.135 e. The van der Waals surface area contributed by atoms with Crippen molar-refractivity contribution < 1.29 is 0 Å². The van der Waals surface area contributed by atoms with E-state index in [4.69, 9.17) is 0 Å². The van der Waals surface area contributed by atoms with Crippen molar-refractivity contribution >= 4 is 31.5 Å². The van der Waals surface area contributed by atoms with Crippen molar-refractivity contribution in [2.45, 2.75) is 32.6 Å². The molecule has 1 aliphatic carbocycles. The molecule has 4 aromatic carbocycles. The van der Waals surface area contributed by atoms with E-state index in [9.17, 15) is 0 Å². The van der Waals surface area contributed by atoms with Crippen LogP contribution in [0.3, 0.4) is 0 Å². The van der Waals surface area contributed by atoms with Crippen molar-refractivity contribution in [3.05, 3.63) is 95.6 Å². The normalized spacial score (nSPS) is 12.4. The van der Waals surface area contributed by atoms with E-state index in [1.165, 1.54) is 78.4 Å². The van der Waals surface area contributed by atoms with Gasteiger partial charge in [0.25, 0.3) is 0 Å². The number of unbranched alkanes of at least 4 members (excludes halogenated alkanes) is 1. The molecule has 0 bridgehead atoms. The van der Waals surface area contributed by atoms with Crippen LogP contribution in [-0.2, 0) is 12.8 Å². The summed E-state index contributed by atoms with van der Waals surface area (Å²) in [6.45, 7) is 2.27. The first-order valence-electron chi connectivity index (χ1n) is 11.0. The first kappa shape index (κ1) is 17.9. The third-order valence-electron chi connectivity index (χ3n) is 6.49. The molecule has 0 saturated carbocycles. The number of aryl methyl sites for hydroxylation is 1. The predicted molar refractivity (Wildman–Crippen MR) is 132 cm³/mol. The average Bonchev–Trinajstić information content (AvgIpc) is 3.35. The molecule has 0 aliphatic heterocycles. The molecule has 0 N–H and O–H groups in total. The fraction of sp³-hybridized carbons (Fsp3) is 0.172. The van der Waals surface area contributed by atoms with Gasteiger partial charge in [-0.1, -0.05) is 80.1 Å². The summed E-state index contributed by atoms with van der Waals surface area (Å²) in [5.41, 5.74) is 9.97. The maximum Gasteiger partial charge on any atom is 0.0433 e. The largest absolute Gasteiger partial charge is 0.135 e. The summed E-state index contributed by atoms with van der Waals surface area (Å²) in [7, 11) is 0. The highest BCUT2D eigenvalue weighted by Gasteiger charge is 2.20. The van der Waals surface area contributed by atoms with Crippen LogP contribution in [-0.4, -0.2) is 0 Å². The Labute approximate surface area is 181 Å². The zero-order valence-electron chi connectivity index (χ0n) is 17.2. The molecule has 5 aromatic rings. The lowest BCUT2D eigenvalue weighted by Crippen LogP contribution is -1.87. The van der Waals surface area contributed by atoms with E-state index in [0.717, 1.165) is 6.42 Å². The van der Waals surface area contributed by atoms with E-state index in [-0.39, 0.29) is 0 Å². The monoisotopic (exact) mass is 404 g/mol. The molecule has 0 nitrogen and oxygen atoms in total. The standard InChI is InChI=1S/C29H24S/c1-2-3-7-19-12-13-20-17-21-14-15-22(18-27(21)26(20)16-19)23-9-6-10-25-24-8-4-5-11-28(24)30-29(23)25/h4-6,8-16,18H,2-3,7,17H2,1H3. The third-order valence-corrected chi connectivity index (χ3v) is 7.71. The van der Waals surface area contributed by atoms with Crippen LogP contribution in [0.15, 0.2) is 78.9 Å². The van der Waals surface area contributed by atoms with Gasteiger partial charge in [0.2, 0.25) is 0 Å².